The van der Waals surface area contributed by atoms with Crippen LogP contribution in [-0.2, 0) is 0 Å². The Kier molecular flexibility index (Phi) is 10.9. The number of unbranched alkanes of at least 4 members (excludes halogenated alkanes) is 1. The van der Waals surface area contributed by atoms with E-state index < -0.39 is 0 Å². The molecule has 0 radical (unpaired) electrons. The van der Waals surface area contributed by atoms with E-state index in [1.807, 2.05) is 25.2 Å². The summed E-state index contributed by atoms with van der Waals surface area (Å²) in [6.45, 7) is 20.3. The SMILES string of the molecule is C=C(C(C(=C)N(C)CCCCNC(=O)c1cnc(N(CCC)CCC)nc1)=C(C)C)c1ccc2oc(N)nc2c1. The molecule has 0 saturated carbocycles. The summed E-state index contributed by atoms with van der Waals surface area (Å²) in [4.78, 5) is 29.9. The highest BCUT2D eigenvalue weighted by Gasteiger charge is 2.16. The van der Waals surface area contributed by atoms with E-state index in [2.05, 4.69) is 70.9 Å². The van der Waals surface area contributed by atoms with Gasteiger partial charge in [0.25, 0.3) is 11.9 Å². The molecule has 0 atom stereocenters. The van der Waals surface area contributed by atoms with Crippen molar-refractivity contribution < 1.29 is 9.21 Å². The van der Waals surface area contributed by atoms with Gasteiger partial charge in [0.1, 0.15) is 5.52 Å². The molecule has 9 heteroatoms. The molecule has 0 spiro atoms. The molecule has 3 aromatic rings. The molecule has 2 heterocycles. The Hall–Kier alpha value is -4.14. The molecule has 0 fully saturated rings. The number of likely N-dealkylation sites (N-methyl/N-ethyl adjacent to an activating group) is 1. The van der Waals surface area contributed by atoms with Gasteiger partial charge < -0.3 is 25.3 Å². The van der Waals surface area contributed by atoms with Crippen molar-refractivity contribution in [3.05, 3.63) is 71.7 Å². The lowest BCUT2D eigenvalue weighted by Gasteiger charge is -2.26. The summed E-state index contributed by atoms with van der Waals surface area (Å²) in [6.07, 6.45) is 6.98. The number of nitrogens with zero attached hydrogens (tertiary/aromatic N) is 5. The molecule has 214 valence electrons. The van der Waals surface area contributed by atoms with E-state index in [0.29, 0.717) is 29.2 Å². The van der Waals surface area contributed by atoms with Gasteiger partial charge in [-0.1, -0.05) is 38.6 Å². The fourth-order valence-electron chi connectivity index (χ4n) is 4.60. The van der Waals surface area contributed by atoms with Crippen molar-refractivity contribution in [1.29, 1.82) is 0 Å². The highest BCUT2D eigenvalue weighted by Crippen LogP contribution is 2.32. The third kappa shape index (κ3) is 7.71. The van der Waals surface area contributed by atoms with Crippen molar-refractivity contribution in [2.24, 2.45) is 0 Å². The van der Waals surface area contributed by atoms with Gasteiger partial charge in [0.15, 0.2) is 5.58 Å². The Balaban J connectivity index is 1.49. The minimum Gasteiger partial charge on any atom is -0.424 e. The van der Waals surface area contributed by atoms with E-state index >= 15 is 0 Å². The molecule has 40 heavy (non-hydrogen) atoms. The standard InChI is InChI=1S/C31H43N7O2/c1-8-15-38(16-9-2)31-34-19-25(20-35-31)29(39)33-14-10-11-17-37(7)23(6)28(21(3)4)22(5)24-12-13-27-26(18-24)36-30(32)40-27/h12-13,18-20H,5-6,8-11,14-17H2,1-4,7H3,(H2,32,36)(H,33,39). The number of nitrogens with two attached hydrogens (primary N) is 1. The number of allylic oxidation sites excluding steroid dienone is 2. The van der Waals surface area contributed by atoms with E-state index in [0.717, 1.165) is 73.3 Å². The molecule has 1 aromatic carbocycles. The van der Waals surface area contributed by atoms with Crippen LogP contribution in [-0.4, -0.2) is 59.0 Å². The minimum atomic E-state index is -0.157. The number of amides is 1. The van der Waals surface area contributed by atoms with Crippen molar-refractivity contribution in [3.63, 3.8) is 0 Å². The van der Waals surface area contributed by atoms with Crippen molar-refractivity contribution in [2.45, 2.75) is 53.4 Å². The number of aromatic nitrogens is 3. The molecule has 9 nitrogen and oxygen atoms in total. The monoisotopic (exact) mass is 545 g/mol. The number of hydrogen-bond acceptors (Lipinski definition) is 8. The highest BCUT2D eigenvalue weighted by molar-refractivity contribution is 5.93. The van der Waals surface area contributed by atoms with Gasteiger partial charge in [0.2, 0.25) is 5.95 Å². The fourth-order valence-corrected chi connectivity index (χ4v) is 4.60. The average molecular weight is 546 g/mol. The Morgan fingerprint density at radius 3 is 2.33 bits per heavy atom. The molecule has 2 aromatic heterocycles. The third-order valence-electron chi connectivity index (χ3n) is 6.68. The molecule has 0 aliphatic heterocycles. The first-order chi connectivity index (χ1) is 19.2. The van der Waals surface area contributed by atoms with Gasteiger partial charge in [0.05, 0.1) is 5.56 Å². The van der Waals surface area contributed by atoms with E-state index in [1.165, 1.54) is 0 Å². The number of benzene rings is 1. The van der Waals surface area contributed by atoms with E-state index in [-0.39, 0.29) is 11.9 Å². The van der Waals surface area contributed by atoms with Crippen LogP contribution in [0.4, 0.5) is 12.0 Å². The molecule has 0 saturated heterocycles. The second kappa shape index (κ2) is 14.3. The summed E-state index contributed by atoms with van der Waals surface area (Å²) in [5.41, 5.74) is 12.3. The lowest BCUT2D eigenvalue weighted by atomic mass is 9.93. The lowest BCUT2D eigenvalue weighted by Crippen LogP contribution is -2.28. The topological polar surface area (TPSA) is 113 Å². The zero-order valence-corrected chi connectivity index (χ0v) is 24.6. The van der Waals surface area contributed by atoms with Crippen molar-refractivity contribution >= 4 is 34.5 Å². The van der Waals surface area contributed by atoms with Crippen LogP contribution in [0.1, 0.15) is 69.3 Å². The number of hydrogen-bond donors (Lipinski definition) is 2. The number of carbonyl (C=O) groups is 1. The number of fused-ring (bicyclic) bond motifs is 1. The summed E-state index contributed by atoms with van der Waals surface area (Å²) >= 11 is 0. The van der Waals surface area contributed by atoms with Crippen LogP contribution < -0.4 is 16.0 Å². The Morgan fingerprint density at radius 1 is 1.02 bits per heavy atom. The number of rotatable bonds is 15. The molecule has 0 aliphatic rings. The van der Waals surface area contributed by atoms with Crippen LogP contribution in [0, 0.1) is 0 Å². The van der Waals surface area contributed by atoms with Crippen LogP contribution in [0.3, 0.4) is 0 Å². The van der Waals surface area contributed by atoms with Crippen molar-refractivity contribution in [2.75, 3.05) is 43.9 Å². The number of nitrogens with one attached hydrogen (secondary N) is 1. The first-order valence-corrected chi connectivity index (χ1v) is 13.9. The smallest absolute Gasteiger partial charge is 0.292 e. The van der Waals surface area contributed by atoms with E-state index in [9.17, 15) is 4.79 Å². The fraction of sp³-hybridized carbons (Fsp3) is 0.419. The Morgan fingerprint density at radius 2 is 1.70 bits per heavy atom. The number of carbonyl (C=O) groups excluding carboxylic acids is 1. The minimum absolute atomic E-state index is 0.146. The Labute approximate surface area is 237 Å². The van der Waals surface area contributed by atoms with Crippen LogP contribution in [0.25, 0.3) is 16.7 Å². The van der Waals surface area contributed by atoms with Crippen LogP contribution in [0.2, 0.25) is 0 Å². The second-order valence-electron chi connectivity index (χ2n) is 10.2. The molecular weight excluding hydrogens is 502 g/mol. The summed E-state index contributed by atoms with van der Waals surface area (Å²) in [5, 5.41) is 2.98. The van der Waals surface area contributed by atoms with E-state index in [1.54, 1.807) is 12.4 Å². The van der Waals surface area contributed by atoms with Gasteiger partial charge in [-0.3, -0.25) is 4.79 Å². The van der Waals surface area contributed by atoms with Gasteiger partial charge in [-0.2, -0.15) is 4.98 Å². The normalized spacial score (nSPS) is 10.8. The third-order valence-corrected chi connectivity index (χ3v) is 6.68. The first-order valence-electron chi connectivity index (χ1n) is 13.9. The largest absolute Gasteiger partial charge is 0.424 e. The summed E-state index contributed by atoms with van der Waals surface area (Å²) < 4.78 is 5.39. The van der Waals surface area contributed by atoms with Crippen LogP contribution >= 0.6 is 0 Å². The van der Waals surface area contributed by atoms with Crippen molar-refractivity contribution in [1.82, 2.24) is 25.2 Å². The van der Waals surface area contributed by atoms with Gasteiger partial charge >= 0.3 is 0 Å². The Bertz CT molecular complexity index is 1350. The maximum Gasteiger partial charge on any atom is 0.292 e. The maximum absolute atomic E-state index is 12.6. The molecule has 3 rings (SSSR count). The van der Waals surface area contributed by atoms with Gasteiger partial charge in [-0.05, 0) is 62.8 Å². The predicted octanol–water partition coefficient (Wildman–Crippen LogP) is 5.83. The second-order valence-corrected chi connectivity index (χ2v) is 10.2. The number of anilines is 2. The predicted molar refractivity (Wildman–Crippen MR) is 164 cm³/mol. The molecule has 3 N–H and O–H groups in total. The van der Waals surface area contributed by atoms with Gasteiger partial charge in [0, 0.05) is 56.9 Å². The summed E-state index contributed by atoms with van der Waals surface area (Å²) in [7, 11) is 2.03. The zero-order chi connectivity index (χ0) is 29.2. The molecule has 0 unspecified atom stereocenters. The maximum atomic E-state index is 12.6. The van der Waals surface area contributed by atoms with Gasteiger partial charge in [-0.15, -0.1) is 0 Å². The van der Waals surface area contributed by atoms with Crippen LogP contribution in [0.5, 0.6) is 0 Å². The molecule has 0 aliphatic carbocycles. The average Bonchev–Trinajstić information content (AvgIpc) is 3.31. The van der Waals surface area contributed by atoms with E-state index in [4.69, 9.17) is 10.2 Å². The highest BCUT2D eigenvalue weighted by atomic mass is 16.4. The van der Waals surface area contributed by atoms with Crippen molar-refractivity contribution in [3.8, 4) is 0 Å². The quantitative estimate of drug-likeness (QED) is 0.181. The number of nitrogen functional groups attached to an aromatic ring is 1. The zero-order valence-electron chi connectivity index (χ0n) is 24.6. The lowest BCUT2D eigenvalue weighted by molar-refractivity contribution is 0.0952. The molecule has 1 amide bonds. The number of oxazole rings is 1. The summed E-state index contributed by atoms with van der Waals surface area (Å²) in [6, 6.07) is 5.89. The molecular formula is C31H43N7O2. The van der Waals surface area contributed by atoms with Gasteiger partial charge in [-0.25, -0.2) is 9.97 Å². The summed E-state index contributed by atoms with van der Waals surface area (Å²) in [5.74, 6) is 0.515. The van der Waals surface area contributed by atoms with Crippen LogP contribution in [0.15, 0.2) is 65.0 Å². The molecule has 0 bridgehead atoms. The first kappa shape index (κ1) is 30.4.